The second-order valence-electron chi connectivity index (χ2n) is 6.64. The number of ether oxygens (including phenoxy) is 1. The van der Waals surface area contributed by atoms with E-state index in [2.05, 4.69) is 5.10 Å². The van der Waals surface area contributed by atoms with Gasteiger partial charge in [-0.2, -0.15) is 5.10 Å². The lowest BCUT2D eigenvalue weighted by atomic mass is 10.1. The third-order valence-corrected chi connectivity index (χ3v) is 5.81. The second-order valence-corrected chi connectivity index (χ2v) is 8.64. The SMILES string of the molecule is COc1ccccc1-c1cnn(-c2cc(-c3ccc(Cl)cc3)cc(S(N)(=O)=O)c2)c1. The molecule has 0 radical (unpaired) electrons. The van der Waals surface area contributed by atoms with Crippen molar-refractivity contribution in [3.63, 3.8) is 0 Å². The van der Waals surface area contributed by atoms with Crippen molar-refractivity contribution in [2.45, 2.75) is 4.90 Å². The van der Waals surface area contributed by atoms with Gasteiger partial charge in [0.25, 0.3) is 0 Å². The summed E-state index contributed by atoms with van der Waals surface area (Å²) < 4.78 is 31.2. The van der Waals surface area contributed by atoms with E-state index in [9.17, 15) is 8.42 Å². The molecule has 0 aliphatic rings. The van der Waals surface area contributed by atoms with Crippen LogP contribution < -0.4 is 9.88 Å². The van der Waals surface area contributed by atoms with Crippen molar-refractivity contribution in [1.82, 2.24) is 9.78 Å². The molecule has 0 aliphatic carbocycles. The Hall–Kier alpha value is -3.13. The smallest absolute Gasteiger partial charge is 0.238 e. The van der Waals surface area contributed by atoms with Gasteiger partial charge in [-0.3, -0.25) is 0 Å². The van der Waals surface area contributed by atoms with Crippen LogP contribution in [0.5, 0.6) is 5.75 Å². The Balaban J connectivity index is 1.84. The summed E-state index contributed by atoms with van der Waals surface area (Å²) in [6, 6.07) is 19.6. The van der Waals surface area contributed by atoms with Gasteiger partial charge >= 0.3 is 0 Å². The Labute approximate surface area is 179 Å². The first-order valence-corrected chi connectivity index (χ1v) is 10.9. The van der Waals surface area contributed by atoms with Crippen LogP contribution in [-0.4, -0.2) is 25.3 Å². The Morgan fingerprint density at radius 1 is 0.967 bits per heavy atom. The molecule has 8 heteroatoms. The van der Waals surface area contributed by atoms with E-state index < -0.39 is 10.0 Å². The number of hydrogen-bond acceptors (Lipinski definition) is 4. The predicted molar refractivity (Wildman–Crippen MR) is 117 cm³/mol. The van der Waals surface area contributed by atoms with Gasteiger partial charge in [0.05, 0.1) is 23.9 Å². The average Bonchev–Trinajstić information content (AvgIpc) is 3.23. The molecule has 1 aromatic heterocycles. The highest BCUT2D eigenvalue weighted by Crippen LogP contribution is 2.31. The summed E-state index contributed by atoms with van der Waals surface area (Å²) >= 11 is 5.98. The molecule has 0 saturated carbocycles. The van der Waals surface area contributed by atoms with Crippen molar-refractivity contribution in [3.05, 3.63) is 84.1 Å². The van der Waals surface area contributed by atoms with E-state index in [1.165, 1.54) is 12.1 Å². The predicted octanol–water partition coefficient (Wildman–Crippen LogP) is 4.52. The number of nitrogens with zero attached hydrogens (tertiary/aromatic N) is 2. The van der Waals surface area contributed by atoms with Gasteiger partial charge in [0.2, 0.25) is 10.0 Å². The molecule has 4 rings (SSSR count). The van der Waals surface area contributed by atoms with Crippen LogP contribution in [0.15, 0.2) is 84.0 Å². The fourth-order valence-corrected chi connectivity index (χ4v) is 3.88. The van der Waals surface area contributed by atoms with Gasteiger partial charge < -0.3 is 4.74 Å². The fourth-order valence-electron chi connectivity index (χ4n) is 3.18. The number of para-hydroxylation sites is 1. The summed E-state index contributed by atoms with van der Waals surface area (Å²) in [5, 5.41) is 10.4. The van der Waals surface area contributed by atoms with Crippen LogP contribution in [-0.2, 0) is 10.0 Å². The summed E-state index contributed by atoms with van der Waals surface area (Å²) in [6.07, 6.45) is 3.51. The largest absolute Gasteiger partial charge is 0.496 e. The number of primary sulfonamides is 1. The minimum Gasteiger partial charge on any atom is -0.496 e. The van der Waals surface area contributed by atoms with Crippen LogP contribution in [0.25, 0.3) is 27.9 Å². The van der Waals surface area contributed by atoms with Crippen molar-refractivity contribution >= 4 is 21.6 Å². The number of aromatic nitrogens is 2. The quantitative estimate of drug-likeness (QED) is 0.495. The molecule has 1 heterocycles. The lowest BCUT2D eigenvalue weighted by Crippen LogP contribution is -2.13. The molecule has 0 saturated heterocycles. The van der Waals surface area contributed by atoms with Crippen LogP contribution in [0.2, 0.25) is 5.02 Å². The number of hydrogen-bond donors (Lipinski definition) is 1. The molecule has 3 aromatic carbocycles. The van der Waals surface area contributed by atoms with Crippen LogP contribution in [0, 0.1) is 0 Å². The number of benzene rings is 3. The number of sulfonamides is 1. The van der Waals surface area contributed by atoms with E-state index in [-0.39, 0.29) is 4.90 Å². The van der Waals surface area contributed by atoms with Gasteiger partial charge in [0, 0.05) is 22.3 Å². The molecule has 0 unspecified atom stereocenters. The van der Waals surface area contributed by atoms with Crippen molar-refractivity contribution in [3.8, 4) is 33.7 Å². The van der Waals surface area contributed by atoms with E-state index in [4.69, 9.17) is 21.5 Å². The maximum atomic E-state index is 12.1. The molecular formula is C22H18ClN3O3S. The molecular weight excluding hydrogens is 422 g/mol. The number of rotatable bonds is 5. The minimum absolute atomic E-state index is 0.000656. The van der Waals surface area contributed by atoms with Crippen LogP contribution in [0.3, 0.4) is 0 Å². The molecule has 2 N–H and O–H groups in total. The molecule has 0 fully saturated rings. The zero-order valence-corrected chi connectivity index (χ0v) is 17.6. The van der Waals surface area contributed by atoms with Gasteiger partial charge in [-0.05, 0) is 47.5 Å². The highest BCUT2D eigenvalue weighted by atomic mass is 35.5. The highest BCUT2D eigenvalue weighted by molar-refractivity contribution is 7.89. The summed E-state index contributed by atoms with van der Waals surface area (Å²) in [6.45, 7) is 0. The lowest BCUT2D eigenvalue weighted by Gasteiger charge is -2.10. The van der Waals surface area contributed by atoms with Crippen molar-refractivity contribution < 1.29 is 13.2 Å². The molecule has 0 spiro atoms. The van der Waals surface area contributed by atoms with E-state index in [0.717, 1.165) is 22.4 Å². The molecule has 4 aromatic rings. The molecule has 6 nitrogen and oxygen atoms in total. The normalized spacial score (nSPS) is 11.4. The van der Waals surface area contributed by atoms with E-state index >= 15 is 0 Å². The zero-order valence-electron chi connectivity index (χ0n) is 16.0. The van der Waals surface area contributed by atoms with Gasteiger partial charge in [-0.25, -0.2) is 18.2 Å². The number of methoxy groups -OCH3 is 1. The van der Waals surface area contributed by atoms with Gasteiger partial charge in [0.1, 0.15) is 5.75 Å². The molecule has 0 bridgehead atoms. The topological polar surface area (TPSA) is 87.2 Å². The van der Waals surface area contributed by atoms with Gasteiger partial charge in [-0.15, -0.1) is 0 Å². The first kappa shape index (κ1) is 20.2. The summed E-state index contributed by atoms with van der Waals surface area (Å²) in [7, 11) is -2.31. The number of nitrogens with two attached hydrogens (primary N) is 1. The third-order valence-electron chi connectivity index (χ3n) is 4.66. The Kier molecular flexibility index (Phi) is 5.34. The second kappa shape index (κ2) is 7.95. The Morgan fingerprint density at radius 2 is 1.70 bits per heavy atom. The molecule has 0 aliphatic heterocycles. The van der Waals surface area contributed by atoms with E-state index in [1.807, 2.05) is 48.7 Å². The molecule has 30 heavy (non-hydrogen) atoms. The monoisotopic (exact) mass is 439 g/mol. The summed E-state index contributed by atoms with van der Waals surface area (Å²) in [5.74, 6) is 0.720. The van der Waals surface area contributed by atoms with Crippen LogP contribution >= 0.6 is 11.6 Å². The standard InChI is InChI=1S/C22H18ClN3O3S/c1-29-22-5-3-2-4-21(22)17-13-25-26(14-17)19-10-16(11-20(12-19)30(24,27)28)15-6-8-18(23)9-7-15/h2-14H,1H3,(H2,24,27,28). The van der Waals surface area contributed by atoms with Crippen molar-refractivity contribution in [1.29, 1.82) is 0 Å². The fraction of sp³-hybridized carbons (Fsp3) is 0.0455. The first-order chi connectivity index (χ1) is 14.3. The van der Waals surface area contributed by atoms with Crippen LogP contribution in [0.4, 0.5) is 0 Å². The Bertz CT molecular complexity index is 1320. The third kappa shape index (κ3) is 4.09. The van der Waals surface area contributed by atoms with E-state index in [1.54, 1.807) is 30.1 Å². The summed E-state index contributed by atoms with van der Waals surface area (Å²) in [5.41, 5.74) is 3.77. The summed E-state index contributed by atoms with van der Waals surface area (Å²) in [4.78, 5) is -0.000656. The Morgan fingerprint density at radius 3 is 2.40 bits per heavy atom. The first-order valence-electron chi connectivity index (χ1n) is 8.97. The van der Waals surface area contributed by atoms with Gasteiger partial charge in [0.15, 0.2) is 0 Å². The molecule has 0 atom stereocenters. The average molecular weight is 440 g/mol. The maximum absolute atomic E-state index is 12.1. The van der Waals surface area contributed by atoms with E-state index in [0.29, 0.717) is 16.3 Å². The molecule has 152 valence electrons. The highest BCUT2D eigenvalue weighted by Gasteiger charge is 2.15. The van der Waals surface area contributed by atoms with Crippen molar-refractivity contribution in [2.24, 2.45) is 5.14 Å². The van der Waals surface area contributed by atoms with Crippen LogP contribution in [0.1, 0.15) is 0 Å². The molecule has 0 amide bonds. The lowest BCUT2D eigenvalue weighted by molar-refractivity contribution is 0.416. The van der Waals surface area contributed by atoms with Crippen molar-refractivity contribution in [2.75, 3.05) is 7.11 Å². The van der Waals surface area contributed by atoms with Gasteiger partial charge in [-0.1, -0.05) is 41.9 Å². The minimum atomic E-state index is -3.92. The maximum Gasteiger partial charge on any atom is 0.238 e. The zero-order chi connectivity index (χ0) is 21.3. The number of halogens is 1.